The third kappa shape index (κ3) is 5.77. The molecule has 3 aromatic rings. The molecule has 13 heteroatoms. The van der Waals surface area contributed by atoms with Gasteiger partial charge in [0.15, 0.2) is 16.7 Å². The standard InChI is InChI=1S/C26H21FN4O7S/c1-36-18-7-8-19(20(11-18)31(34)35)29-24(32)12-23-25(33)30(13-15-2-9-21-22(10-15)38-14-37-21)26(39-23)28-17-5-3-16(27)4-6-17/h2-11,23H,12-14H2,1H3,(H,29,32). The monoisotopic (exact) mass is 552 g/mol. The molecule has 2 aliphatic rings. The van der Waals surface area contributed by atoms with Gasteiger partial charge in [-0.2, -0.15) is 0 Å². The van der Waals surface area contributed by atoms with Crippen LogP contribution in [0.4, 0.5) is 21.5 Å². The molecule has 39 heavy (non-hydrogen) atoms. The van der Waals surface area contributed by atoms with Crippen LogP contribution in [0.25, 0.3) is 0 Å². The van der Waals surface area contributed by atoms with Crippen molar-refractivity contribution >= 4 is 45.8 Å². The highest BCUT2D eigenvalue weighted by Crippen LogP contribution is 2.37. The smallest absolute Gasteiger partial charge is 0.296 e. The first-order valence-electron chi connectivity index (χ1n) is 11.6. The number of carbonyl (C=O) groups excluding carboxylic acids is 2. The van der Waals surface area contributed by atoms with Crippen molar-refractivity contribution in [1.82, 2.24) is 4.90 Å². The lowest BCUT2D eigenvalue weighted by atomic mass is 10.1. The second kappa shape index (κ2) is 11.0. The molecule has 0 spiro atoms. The maximum atomic E-state index is 13.4. The summed E-state index contributed by atoms with van der Waals surface area (Å²) in [6.45, 7) is 0.253. The van der Waals surface area contributed by atoms with Gasteiger partial charge in [0.2, 0.25) is 18.6 Å². The quantitative estimate of drug-likeness (QED) is 0.316. The van der Waals surface area contributed by atoms with Gasteiger partial charge in [-0.1, -0.05) is 17.8 Å². The predicted molar refractivity (Wildman–Crippen MR) is 141 cm³/mol. The Morgan fingerprint density at radius 1 is 1.18 bits per heavy atom. The van der Waals surface area contributed by atoms with Crippen molar-refractivity contribution < 1.29 is 33.1 Å². The van der Waals surface area contributed by atoms with Crippen molar-refractivity contribution in [3.05, 3.63) is 82.2 Å². The molecule has 1 atom stereocenters. The number of amidine groups is 1. The summed E-state index contributed by atoms with van der Waals surface area (Å²) in [6, 6.07) is 14.8. The lowest BCUT2D eigenvalue weighted by molar-refractivity contribution is -0.384. The molecule has 11 nitrogen and oxygen atoms in total. The van der Waals surface area contributed by atoms with E-state index in [4.69, 9.17) is 14.2 Å². The summed E-state index contributed by atoms with van der Waals surface area (Å²) in [5.41, 5.74) is 0.829. The number of hydrogen-bond donors (Lipinski definition) is 1. The largest absolute Gasteiger partial charge is 0.496 e. The summed E-state index contributed by atoms with van der Waals surface area (Å²) >= 11 is 1.09. The highest BCUT2D eigenvalue weighted by Gasteiger charge is 2.39. The fraction of sp³-hybridized carbons (Fsp3) is 0.192. The van der Waals surface area contributed by atoms with Crippen LogP contribution in [0, 0.1) is 15.9 Å². The SMILES string of the molecule is COc1ccc(NC(=O)CC2SC(=Nc3ccc(F)cc3)N(Cc3ccc4c(c3)OCO4)C2=O)c([N+](=O)[O-])c1. The van der Waals surface area contributed by atoms with Crippen LogP contribution in [-0.2, 0) is 16.1 Å². The first kappa shape index (κ1) is 26.0. The highest BCUT2D eigenvalue weighted by molar-refractivity contribution is 8.15. The number of rotatable bonds is 8. The number of nitrogens with zero attached hydrogens (tertiary/aromatic N) is 3. The van der Waals surface area contributed by atoms with Crippen LogP contribution in [0.3, 0.4) is 0 Å². The van der Waals surface area contributed by atoms with E-state index >= 15 is 0 Å². The van der Waals surface area contributed by atoms with Crippen molar-refractivity contribution in [1.29, 1.82) is 0 Å². The Morgan fingerprint density at radius 3 is 2.69 bits per heavy atom. The Labute approximate surface area is 225 Å². The Hall–Kier alpha value is -4.65. The van der Waals surface area contributed by atoms with Crippen molar-refractivity contribution in [2.24, 2.45) is 4.99 Å². The second-order valence-electron chi connectivity index (χ2n) is 8.48. The summed E-state index contributed by atoms with van der Waals surface area (Å²) in [4.78, 5) is 43.1. The molecule has 1 saturated heterocycles. The van der Waals surface area contributed by atoms with E-state index < -0.39 is 21.9 Å². The van der Waals surface area contributed by atoms with Gasteiger partial charge >= 0.3 is 0 Å². The fourth-order valence-electron chi connectivity index (χ4n) is 3.98. The average molecular weight is 553 g/mol. The molecule has 2 aliphatic heterocycles. The van der Waals surface area contributed by atoms with Crippen LogP contribution in [0.5, 0.6) is 17.2 Å². The third-order valence-electron chi connectivity index (χ3n) is 5.90. The number of ether oxygens (including phenoxy) is 3. The highest BCUT2D eigenvalue weighted by atomic mass is 32.2. The number of aliphatic imine (C=N–C) groups is 1. The minimum atomic E-state index is -0.837. The van der Waals surface area contributed by atoms with E-state index in [2.05, 4.69) is 10.3 Å². The number of nitrogens with one attached hydrogen (secondary N) is 1. The van der Waals surface area contributed by atoms with Gasteiger partial charge in [-0.15, -0.1) is 0 Å². The van der Waals surface area contributed by atoms with Crippen LogP contribution in [0.15, 0.2) is 65.7 Å². The van der Waals surface area contributed by atoms with Crippen molar-refractivity contribution in [3.63, 3.8) is 0 Å². The number of benzene rings is 3. The zero-order chi connectivity index (χ0) is 27.5. The summed E-state index contributed by atoms with van der Waals surface area (Å²) in [6.07, 6.45) is -0.257. The molecule has 0 aromatic heterocycles. The molecule has 0 saturated carbocycles. The fourth-order valence-corrected chi connectivity index (χ4v) is 5.14. The zero-order valence-corrected chi connectivity index (χ0v) is 21.3. The second-order valence-corrected chi connectivity index (χ2v) is 9.65. The lowest BCUT2D eigenvalue weighted by Crippen LogP contribution is -2.33. The van der Waals surface area contributed by atoms with Gasteiger partial charge in [-0.3, -0.25) is 24.6 Å². The topological polar surface area (TPSA) is 133 Å². The van der Waals surface area contributed by atoms with Gasteiger partial charge in [-0.05, 0) is 54.1 Å². The molecule has 5 rings (SSSR count). The molecular formula is C26H21FN4O7S. The van der Waals surface area contributed by atoms with Gasteiger partial charge in [0.1, 0.15) is 22.5 Å². The molecule has 1 unspecified atom stereocenters. The Morgan fingerprint density at radius 2 is 1.95 bits per heavy atom. The number of hydrogen-bond acceptors (Lipinski definition) is 9. The summed E-state index contributed by atoms with van der Waals surface area (Å²) in [5, 5.41) is 13.5. The number of anilines is 1. The summed E-state index contributed by atoms with van der Waals surface area (Å²) in [5.74, 6) is 0.0534. The number of fused-ring (bicyclic) bond motifs is 1. The van der Waals surface area contributed by atoms with Crippen molar-refractivity contribution in [2.75, 3.05) is 19.2 Å². The maximum Gasteiger partial charge on any atom is 0.296 e. The van der Waals surface area contributed by atoms with Gasteiger partial charge in [0.05, 0.1) is 30.3 Å². The van der Waals surface area contributed by atoms with E-state index in [1.165, 1.54) is 54.5 Å². The Balaban J connectivity index is 1.37. The average Bonchev–Trinajstić information content (AvgIpc) is 3.50. The van der Waals surface area contributed by atoms with Crippen molar-refractivity contribution in [3.8, 4) is 17.2 Å². The zero-order valence-electron chi connectivity index (χ0n) is 20.5. The summed E-state index contributed by atoms with van der Waals surface area (Å²) < 4.78 is 29.2. The Bertz CT molecular complexity index is 1480. The normalized spacial score (nSPS) is 17.0. The van der Waals surface area contributed by atoms with Gasteiger partial charge < -0.3 is 19.5 Å². The minimum Gasteiger partial charge on any atom is -0.496 e. The number of amides is 2. The van der Waals surface area contributed by atoms with Gasteiger partial charge in [0, 0.05) is 6.42 Å². The van der Waals surface area contributed by atoms with E-state index in [0.717, 1.165) is 17.3 Å². The number of nitro benzene ring substituents is 1. The number of methoxy groups -OCH3 is 1. The number of halogens is 1. The molecule has 0 radical (unpaired) electrons. The van der Waals surface area contributed by atoms with E-state index in [1.54, 1.807) is 18.2 Å². The molecular weight excluding hydrogens is 531 g/mol. The molecule has 200 valence electrons. The molecule has 0 bridgehead atoms. The molecule has 0 aliphatic carbocycles. The number of nitro groups is 1. The van der Waals surface area contributed by atoms with E-state index in [0.29, 0.717) is 22.4 Å². The van der Waals surface area contributed by atoms with E-state index in [1.807, 2.05) is 0 Å². The molecule has 1 N–H and O–H groups in total. The first-order valence-corrected chi connectivity index (χ1v) is 12.5. The van der Waals surface area contributed by atoms with Crippen LogP contribution in [0.1, 0.15) is 12.0 Å². The van der Waals surface area contributed by atoms with E-state index in [-0.39, 0.29) is 42.8 Å². The van der Waals surface area contributed by atoms with Crippen LogP contribution in [-0.4, -0.2) is 46.0 Å². The lowest BCUT2D eigenvalue weighted by Gasteiger charge is -2.17. The predicted octanol–water partition coefficient (Wildman–Crippen LogP) is 4.63. The van der Waals surface area contributed by atoms with E-state index in [9.17, 15) is 24.1 Å². The first-order chi connectivity index (χ1) is 18.8. The maximum absolute atomic E-state index is 13.4. The van der Waals surface area contributed by atoms with Crippen LogP contribution >= 0.6 is 11.8 Å². The van der Waals surface area contributed by atoms with Gasteiger partial charge in [-0.25, -0.2) is 9.38 Å². The number of thioether (sulfide) groups is 1. The van der Waals surface area contributed by atoms with Crippen LogP contribution in [0.2, 0.25) is 0 Å². The molecule has 3 aromatic carbocycles. The molecule has 2 heterocycles. The van der Waals surface area contributed by atoms with Crippen LogP contribution < -0.4 is 19.5 Å². The summed E-state index contributed by atoms with van der Waals surface area (Å²) in [7, 11) is 1.38. The number of carbonyl (C=O) groups is 2. The molecule has 2 amide bonds. The molecule has 1 fully saturated rings. The third-order valence-corrected chi connectivity index (χ3v) is 7.07. The Kier molecular flexibility index (Phi) is 7.32. The minimum absolute atomic E-state index is 0.0151. The van der Waals surface area contributed by atoms with Crippen molar-refractivity contribution in [2.45, 2.75) is 18.2 Å². The van der Waals surface area contributed by atoms with Gasteiger partial charge in [0.25, 0.3) is 5.69 Å².